The second-order valence-electron chi connectivity index (χ2n) is 7.36. The Morgan fingerprint density at radius 2 is 2.00 bits per heavy atom. The number of hydrogen-bond donors (Lipinski definition) is 2. The van der Waals surface area contributed by atoms with Crippen molar-refractivity contribution in [2.45, 2.75) is 23.8 Å². The number of nitrogens with zero attached hydrogens (tertiary/aromatic N) is 2. The van der Waals surface area contributed by atoms with Gasteiger partial charge in [0, 0.05) is 16.3 Å². The van der Waals surface area contributed by atoms with E-state index in [9.17, 15) is 14.4 Å². The lowest BCUT2D eigenvalue weighted by molar-refractivity contribution is -0.115. The van der Waals surface area contributed by atoms with Crippen molar-refractivity contribution in [1.82, 2.24) is 9.66 Å². The summed E-state index contributed by atoms with van der Waals surface area (Å²) in [6.07, 6.45) is 0.457. The molecule has 4 rings (SSSR count). The minimum absolute atomic E-state index is 0.199. The van der Waals surface area contributed by atoms with Gasteiger partial charge in [-0.3, -0.25) is 19.8 Å². The highest BCUT2D eigenvalue weighted by molar-refractivity contribution is 8.00. The molecular formula is C24H21ClN4O4S2. The van der Waals surface area contributed by atoms with Crippen molar-refractivity contribution in [3.63, 3.8) is 0 Å². The van der Waals surface area contributed by atoms with Gasteiger partial charge in [0.05, 0.1) is 17.9 Å². The quantitative estimate of drug-likeness (QED) is 0.246. The summed E-state index contributed by atoms with van der Waals surface area (Å²) in [6, 6.07) is 15.1. The molecule has 1 unspecified atom stereocenters. The molecule has 0 aliphatic heterocycles. The van der Waals surface area contributed by atoms with Crippen molar-refractivity contribution >= 4 is 62.4 Å². The first-order valence-electron chi connectivity index (χ1n) is 10.6. The predicted octanol–water partition coefficient (Wildman–Crippen LogP) is 5.01. The summed E-state index contributed by atoms with van der Waals surface area (Å²) in [5.74, 6) is -0.276. The van der Waals surface area contributed by atoms with Gasteiger partial charge < -0.3 is 10.1 Å². The molecule has 4 aromatic rings. The van der Waals surface area contributed by atoms with E-state index in [4.69, 9.17) is 16.3 Å². The maximum atomic E-state index is 13.2. The first-order valence-corrected chi connectivity index (χ1v) is 12.7. The number of amides is 2. The number of thiophene rings is 1. The topological polar surface area (TPSA) is 102 Å². The molecular weight excluding hydrogens is 508 g/mol. The van der Waals surface area contributed by atoms with Crippen LogP contribution in [0.4, 0.5) is 5.69 Å². The van der Waals surface area contributed by atoms with Crippen LogP contribution in [0.2, 0.25) is 5.02 Å². The number of ether oxygens (including phenoxy) is 1. The number of fused-ring (bicyclic) bond motifs is 1. The zero-order valence-electron chi connectivity index (χ0n) is 18.8. The fourth-order valence-corrected chi connectivity index (χ4v) is 5.16. The van der Waals surface area contributed by atoms with E-state index in [0.717, 1.165) is 16.4 Å². The van der Waals surface area contributed by atoms with Crippen molar-refractivity contribution in [1.29, 1.82) is 0 Å². The number of halogens is 1. The van der Waals surface area contributed by atoms with Crippen LogP contribution in [-0.4, -0.2) is 33.8 Å². The lowest BCUT2D eigenvalue weighted by Crippen LogP contribution is -2.35. The lowest BCUT2D eigenvalue weighted by Gasteiger charge is -2.18. The van der Waals surface area contributed by atoms with E-state index in [2.05, 4.69) is 15.7 Å². The number of benzene rings is 2. The number of aromatic nitrogens is 2. The van der Waals surface area contributed by atoms with E-state index in [1.165, 1.54) is 18.4 Å². The third kappa shape index (κ3) is 5.67. The number of hydrogen-bond acceptors (Lipinski definition) is 7. The van der Waals surface area contributed by atoms with Crippen LogP contribution >= 0.6 is 34.7 Å². The standard InChI is InChI=1S/C24H21ClN4O4S2/c1-3-19(22(31)26-16-8-5-7-15(25)13-16)35-24-27-18-10-11-34-20(18)23(32)29(24)28-21(30)14-6-4-9-17(12-14)33-2/h4-13,19H,3H2,1-2H3,(H,26,31)(H,28,30). The van der Waals surface area contributed by atoms with E-state index < -0.39 is 16.7 Å². The van der Waals surface area contributed by atoms with E-state index in [1.807, 2.05) is 6.92 Å². The summed E-state index contributed by atoms with van der Waals surface area (Å²) in [5.41, 5.74) is 3.59. The van der Waals surface area contributed by atoms with Crippen LogP contribution in [0.25, 0.3) is 10.2 Å². The van der Waals surface area contributed by atoms with Gasteiger partial charge in [-0.2, -0.15) is 4.68 Å². The largest absolute Gasteiger partial charge is 0.497 e. The monoisotopic (exact) mass is 528 g/mol. The fraction of sp³-hybridized carbons (Fsp3) is 0.167. The molecule has 0 fully saturated rings. The third-order valence-electron chi connectivity index (χ3n) is 5.00. The Hall–Kier alpha value is -3.34. The molecule has 2 amide bonds. The van der Waals surface area contributed by atoms with Crippen LogP contribution in [0.3, 0.4) is 0 Å². The smallest absolute Gasteiger partial charge is 0.291 e. The van der Waals surface area contributed by atoms with Gasteiger partial charge in [0.15, 0.2) is 5.16 Å². The molecule has 0 saturated heterocycles. The summed E-state index contributed by atoms with van der Waals surface area (Å²) >= 11 is 8.35. The number of nitrogens with one attached hydrogen (secondary N) is 2. The summed E-state index contributed by atoms with van der Waals surface area (Å²) in [7, 11) is 1.50. The Bertz CT molecular complexity index is 1450. The third-order valence-corrected chi connectivity index (χ3v) is 7.44. The molecule has 2 heterocycles. The second-order valence-corrected chi connectivity index (χ2v) is 9.88. The van der Waals surface area contributed by atoms with Crippen molar-refractivity contribution in [2.24, 2.45) is 0 Å². The molecule has 35 heavy (non-hydrogen) atoms. The summed E-state index contributed by atoms with van der Waals surface area (Å²) < 4.78 is 6.68. The molecule has 180 valence electrons. The number of rotatable bonds is 8. The highest BCUT2D eigenvalue weighted by Gasteiger charge is 2.24. The number of anilines is 1. The van der Waals surface area contributed by atoms with E-state index in [-0.39, 0.29) is 11.1 Å². The van der Waals surface area contributed by atoms with Crippen LogP contribution in [-0.2, 0) is 4.79 Å². The van der Waals surface area contributed by atoms with Crippen LogP contribution in [0, 0.1) is 0 Å². The Morgan fingerprint density at radius 1 is 1.20 bits per heavy atom. The molecule has 0 bridgehead atoms. The van der Waals surface area contributed by atoms with E-state index >= 15 is 0 Å². The van der Waals surface area contributed by atoms with E-state index in [0.29, 0.717) is 38.7 Å². The van der Waals surface area contributed by atoms with Crippen LogP contribution in [0.15, 0.2) is 69.9 Å². The molecule has 2 aromatic carbocycles. The first-order chi connectivity index (χ1) is 16.9. The minimum atomic E-state index is -0.586. The minimum Gasteiger partial charge on any atom is -0.497 e. The highest BCUT2D eigenvalue weighted by atomic mass is 35.5. The van der Waals surface area contributed by atoms with Crippen molar-refractivity contribution in [3.05, 3.63) is 80.9 Å². The Morgan fingerprint density at radius 3 is 2.74 bits per heavy atom. The molecule has 0 spiro atoms. The zero-order chi connectivity index (χ0) is 24.9. The van der Waals surface area contributed by atoms with Gasteiger partial charge in [-0.15, -0.1) is 11.3 Å². The van der Waals surface area contributed by atoms with Gasteiger partial charge in [0.1, 0.15) is 10.4 Å². The van der Waals surface area contributed by atoms with Gasteiger partial charge in [0.25, 0.3) is 11.5 Å². The molecule has 0 saturated carbocycles. The average Bonchev–Trinajstić information content (AvgIpc) is 3.33. The van der Waals surface area contributed by atoms with Crippen LogP contribution < -0.4 is 21.0 Å². The van der Waals surface area contributed by atoms with Gasteiger partial charge in [-0.05, 0) is 54.3 Å². The molecule has 8 nitrogen and oxygen atoms in total. The lowest BCUT2D eigenvalue weighted by atomic mass is 10.2. The number of methoxy groups -OCH3 is 1. The van der Waals surface area contributed by atoms with Gasteiger partial charge in [-0.1, -0.05) is 42.4 Å². The van der Waals surface area contributed by atoms with Crippen LogP contribution in [0.1, 0.15) is 23.7 Å². The van der Waals surface area contributed by atoms with Crippen molar-refractivity contribution < 1.29 is 14.3 Å². The SMILES string of the molecule is CCC(Sc1nc2ccsc2c(=O)n1NC(=O)c1cccc(OC)c1)C(=O)Nc1cccc(Cl)c1. The molecule has 2 aromatic heterocycles. The summed E-state index contributed by atoms with van der Waals surface area (Å²) in [5, 5.41) is 4.71. The summed E-state index contributed by atoms with van der Waals surface area (Å²) in [4.78, 5) is 43.8. The maximum absolute atomic E-state index is 13.2. The molecule has 1 atom stereocenters. The average molecular weight is 529 g/mol. The molecule has 0 aliphatic carbocycles. The zero-order valence-corrected chi connectivity index (χ0v) is 21.2. The van der Waals surface area contributed by atoms with Crippen molar-refractivity contribution in [3.8, 4) is 5.75 Å². The van der Waals surface area contributed by atoms with E-state index in [1.54, 1.807) is 60.0 Å². The molecule has 0 aliphatic rings. The highest BCUT2D eigenvalue weighted by Crippen LogP contribution is 2.27. The van der Waals surface area contributed by atoms with Gasteiger partial charge >= 0.3 is 0 Å². The molecule has 2 N–H and O–H groups in total. The molecule has 0 radical (unpaired) electrons. The number of carbonyl (C=O) groups is 2. The Balaban J connectivity index is 1.65. The second kappa shape index (κ2) is 10.9. The fourth-order valence-electron chi connectivity index (χ4n) is 3.24. The van der Waals surface area contributed by atoms with Gasteiger partial charge in [0.2, 0.25) is 5.91 Å². The molecule has 11 heteroatoms. The van der Waals surface area contributed by atoms with Gasteiger partial charge in [-0.25, -0.2) is 4.98 Å². The number of thioether (sulfide) groups is 1. The van der Waals surface area contributed by atoms with Crippen LogP contribution in [0.5, 0.6) is 5.75 Å². The number of carbonyl (C=O) groups excluding carboxylic acids is 2. The first kappa shape index (κ1) is 24.8. The Labute approximate surface area is 214 Å². The summed E-state index contributed by atoms with van der Waals surface area (Å²) in [6.45, 7) is 1.86. The predicted molar refractivity (Wildman–Crippen MR) is 141 cm³/mol. The normalized spacial score (nSPS) is 11.7. The maximum Gasteiger partial charge on any atom is 0.291 e. The van der Waals surface area contributed by atoms with Crippen molar-refractivity contribution in [2.75, 3.05) is 17.9 Å². The Kier molecular flexibility index (Phi) is 7.74.